The summed E-state index contributed by atoms with van der Waals surface area (Å²) in [6.45, 7) is 0. The zero-order valence-electron chi connectivity index (χ0n) is 9.25. The Morgan fingerprint density at radius 2 is 1.89 bits per heavy atom. The number of benzene rings is 2. The Balaban J connectivity index is 2.79. The van der Waals surface area contributed by atoms with Gasteiger partial charge < -0.3 is 5.11 Å². The van der Waals surface area contributed by atoms with Crippen LogP contribution in [0.3, 0.4) is 0 Å². The van der Waals surface area contributed by atoms with Gasteiger partial charge in [-0.05, 0) is 40.2 Å². The predicted molar refractivity (Wildman–Crippen MR) is 71.5 cm³/mol. The second-order valence-electron chi connectivity index (χ2n) is 3.71. The third kappa shape index (κ3) is 2.62. The van der Waals surface area contributed by atoms with Crippen molar-refractivity contribution in [3.63, 3.8) is 0 Å². The summed E-state index contributed by atoms with van der Waals surface area (Å²) in [5.74, 6) is -3.01. The lowest BCUT2D eigenvalue weighted by Crippen LogP contribution is -2.02. The van der Waals surface area contributed by atoms with Crippen LogP contribution in [-0.4, -0.2) is 11.1 Å². The molecule has 0 unspecified atom stereocenters. The summed E-state index contributed by atoms with van der Waals surface area (Å²) in [6.07, 6.45) is 0. The van der Waals surface area contributed by atoms with Gasteiger partial charge in [0.1, 0.15) is 11.6 Å². The van der Waals surface area contributed by atoms with Crippen molar-refractivity contribution in [2.24, 2.45) is 0 Å². The third-order valence-electron chi connectivity index (χ3n) is 2.53. The SMILES string of the molecule is O=C(O)c1cc(Cl)ccc1-c1c(F)ccc(Br)c1F. The van der Waals surface area contributed by atoms with E-state index in [1.165, 1.54) is 18.2 Å². The minimum atomic E-state index is -1.31. The maximum atomic E-state index is 14.0. The summed E-state index contributed by atoms with van der Waals surface area (Å²) in [4.78, 5) is 11.1. The van der Waals surface area contributed by atoms with Crippen molar-refractivity contribution in [1.82, 2.24) is 0 Å². The molecule has 0 heterocycles. The van der Waals surface area contributed by atoms with Crippen LogP contribution in [-0.2, 0) is 0 Å². The molecule has 0 radical (unpaired) electrons. The standard InChI is InChI=1S/C13H6BrClF2O2/c14-9-3-4-10(16)11(12(9)17)7-2-1-6(15)5-8(7)13(18)19/h1-5H,(H,18,19). The minimum absolute atomic E-state index is 0.0511. The van der Waals surface area contributed by atoms with Crippen LogP contribution in [0.5, 0.6) is 0 Å². The number of hydrogen-bond donors (Lipinski definition) is 1. The maximum Gasteiger partial charge on any atom is 0.336 e. The van der Waals surface area contributed by atoms with E-state index < -0.39 is 23.2 Å². The van der Waals surface area contributed by atoms with E-state index in [1.54, 1.807) is 0 Å². The van der Waals surface area contributed by atoms with Gasteiger partial charge in [-0.1, -0.05) is 17.7 Å². The van der Waals surface area contributed by atoms with Crippen molar-refractivity contribution in [1.29, 1.82) is 0 Å². The maximum absolute atomic E-state index is 14.0. The summed E-state index contributed by atoms with van der Waals surface area (Å²) in [6, 6.07) is 6.08. The molecule has 2 aromatic rings. The van der Waals surface area contributed by atoms with Gasteiger partial charge in [0.2, 0.25) is 0 Å². The molecule has 0 aliphatic heterocycles. The smallest absolute Gasteiger partial charge is 0.336 e. The number of carboxylic acid groups (broad SMARTS) is 1. The Bertz CT molecular complexity index is 674. The third-order valence-corrected chi connectivity index (χ3v) is 3.37. The van der Waals surface area contributed by atoms with E-state index in [0.717, 1.165) is 12.1 Å². The largest absolute Gasteiger partial charge is 0.478 e. The van der Waals surface area contributed by atoms with Crippen LogP contribution < -0.4 is 0 Å². The van der Waals surface area contributed by atoms with Gasteiger partial charge in [-0.3, -0.25) is 0 Å². The van der Waals surface area contributed by atoms with Crippen LogP contribution in [0.2, 0.25) is 5.02 Å². The van der Waals surface area contributed by atoms with Gasteiger partial charge in [-0.25, -0.2) is 13.6 Å². The number of hydrogen-bond acceptors (Lipinski definition) is 1. The molecule has 6 heteroatoms. The molecule has 19 heavy (non-hydrogen) atoms. The van der Waals surface area contributed by atoms with Crippen molar-refractivity contribution >= 4 is 33.5 Å². The van der Waals surface area contributed by atoms with Crippen molar-refractivity contribution in [2.45, 2.75) is 0 Å². The molecule has 0 aliphatic carbocycles. The minimum Gasteiger partial charge on any atom is -0.478 e. The van der Waals surface area contributed by atoms with Crippen molar-refractivity contribution in [3.05, 3.63) is 57.0 Å². The monoisotopic (exact) mass is 346 g/mol. The Morgan fingerprint density at radius 3 is 2.53 bits per heavy atom. The van der Waals surface area contributed by atoms with E-state index in [0.29, 0.717) is 0 Å². The highest BCUT2D eigenvalue weighted by Gasteiger charge is 2.20. The van der Waals surface area contributed by atoms with Crippen LogP contribution in [0.15, 0.2) is 34.8 Å². The molecule has 2 nitrogen and oxygen atoms in total. The molecule has 0 fully saturated rings. The van der Waals surface area contributed by atoms with E-state index in [2.05, 4.69) is 15.9 Å². The topological polar surface area (TPSA) is 37.3 Å². The molecule has 2 rings (SSSR count). The van der Waals surface area contributed by atoms with Gasteiger partial charge in [-0.15, -0.1) is 0 Å². The summed E-state index contributed by atoms with van der Waals surface area (Å²) in [5, 5.41) is 9.26. The van der Waals surface area contributed by atoms with Crippen LogP contribution in [0.25, 0.3) is 11.1 Å². The Kier molecular flexibility index (Phi) is 3.87. The first kappa shape index (κ1) is 14.0. The zero-order chi connectivity index (χ0) is 14.2. The summed E-state index contributed by atoms with van der Waals surface area (Å²) >= 11 is 8.64. The van der Waals surface area contributed by atoms with Gasteiger partial charge in [0, 0.05) is 10.6 Å². The second-order valence-corrected chi connectivity index (χ2v) is 5.00. The van der Waals surface area contributed by atoms with Crippen LogP contribution in [0.4, 0.5) is 8.78 Å². The van der Waals surface area contributed by atoms with Crippen LogP contribution in [0, 0.1) is 11.6 Å². The highest BCUT2D eigenvalue weighted by molar-refractivity contribution is 9.10. The number of rotatable bonds is 2. The van der Waals surface area contributed by atoms with E-state index >= 15 is 0 Å². The molecule has 0 spiro atoms. The number of carboxylic acids is 1. The highest BCUT2D eigenvalue weighted by atomic mass is 79.9. The van der Waals surface area contributed by atoms with Crippen LogP contribution in [0.1, 0.15) is 10.4 Å². The molecule has 0 bridgehead atoms. The first-order chi connectivity index (χ1) is 8.91. The second kappa shape index (κ2) is 5.27. The molecular weight excluding hydrogens is 341 g/mol. The quantitative estimate of drug-likeness (QED) is 0.796. The van der Waals surface area contributed by atoms with Crippen LogP contribution >= 0.6 is 27.5 Å². The average molecular weight is 348 g/mol. The molecule has 1 N–H and O–H groups in total. The Morgan fingerprint density at radius 1 is 1.21 bits per heavy atom. The molecule has 2 aromatic carbocycles. The molecule has 0 saturated carbocycles. The van der Waals surface area contributed by atoms with Gasteiger partial charge >= 0.3 is 5.97 Å². The first-order valence-corrected chi connectivity index (χ1v) is 6.25. The molecule has 0 amide bonds. The van der Waals surface area contributed by atoms with Gasteiger partial charge in [0.05, 0.1) is 15.6 Å². The van der Waals surface area contributed by atoms with E-state index in [9.17, 15) is 13.6 Å². The first-order valence-electron chi connectivity index (χ1n) is 5.08. The number of halogens is 4. The number of aromatic carboxylic acids is 1. The summed E-state index contributed by atoms with van der Waals surface area (Å²) in [5.41, 5.74) is -0.722. The average Bonchev–Trinajstić information content (AvgIpc) is 2.36. The predicted octanol–water partition coefficient (Wildman–Crippen LogP) is 4.75. The lowest BCUT2D eigenvalue weighted by molar-refractivity contribution is 0.0697. The van der Waals surface area contributed by atoms with Crippen molar-refractivity contribution < 1.29 is 18.7 Å². The molecule has 0 aromatic heterocycles. The normalized spacial score (nSPS) is 10.5. The van der Waals surface area contributed by atoms with Gasteiger partial charge in [0.15, 0.2) is 0 Å². The van der Waals surface area contributed by atoms with Gasteiger partial charge in [-0.2, -0.15) is 0 Å². The molecule has 0 saturated heterocycles. The van der Waals surface area contributed by atoms with Crippen molar-refractivity contribution in [3.8, 4) is 11.1 Å². The molecular formula is C13H6BrClF2O2. The zero-order valence-corrected chi connectivity index (χ0v) is 11.6. The fraction of sp³-hybridized carbons (Fsp3) is 0. The fourth-order valence-electron chi connectivity index (χ4n) is 1.69. The Labute approximate surface area is 120 Å². The lowest BCUT2D eigenvalue weighted by Gasteiger charge is -2.10. The summed E-state index contributed by atoms with van der Waals surface area (Å²) in [7, 11) is 0. The molecule has 0 atom stereocenters. The summed E-state index contributed by atoms with van der Waals surface area (Å²) < 4.78 is 27.8. The van der Waals surface area contributed by atoms with E-state index in [1.807, 2.05) is 0 Å². The van der Waals surface area contributed by atoms with E-state index in [-0.39, 0.29) is 20.6 Å². The van der Waals surface area contributed by atoms with E-state index in [4.69, 9.17) is 16.7 Å². The van der Waals surface area contributed by atoms with Gasteiger partial charge in [0.25, 0.3) is 0 Å². The molecule has 0 aliphatic rings. The molecule has 98 valence electrons. The highest BCUT2D eigenvalue weighted by Crippen LogP contribution is 2.34. The fourth-order valence-corrected chi connectivity index (χ4v) is 2.19. The lowest BCUT2D eigenvalue weighted by atomic mass is 9.99. The number of carbonyl (C=O) groups is 1. The Hall–Kier alpha value is -1.46. The van der Waals surface area contributed by atoms with Crippen molar-refractivity contribution in [2.75, 3.05) is 0 Å².